The molecular formula is C27H35FN4O. The molecule has 6 heteroatoms. The maximum atomic E-state index is 13.5. The first-order valence-electron chi connectivity index (χ1n) is 11.4. The molecule has 1 aliphatic carbocycles. The molecule has 1 heterocycles. The smallest absolute Gasteiger partial charge is 0.278 e. The molecule has 5 nitrogen and oxygen atoms in total. The van der Waals surface area contributed by atoms with Crippen LogP contribution in [0.2, 0.25) is 0 Å². The number of halogens is 1. The van der Waals surface area contributed by atoms with Gasteiger partial charge in [0.1, 0.15) is 11.6 Å². The van der Waals surface area contributed by atoms with Crippen LogP contribution in [-0.2, 0) is 0 Å². The van der Waals surface area contributed by atoms with Crippen molar-refractivity contribution in [1.29, 1.82) is 0 Å². The maximum Gasteiger partial charge on any atom is 0.278 e. The van der Waals surface area contributed by atoms with E-state index in [4.69, 9.17) is 0 Å². The van der Waals surface area contributed by atoms with Crippen molar-refractivity contribution < 1.29 is 9.18 Å². The number of benzene rings is 1. The van der Waals surface area contributed by atoms with Gasteiger partial charge in [0, 0.05) is 29.1 Å². The van der Waals surface area contributed by atoms with Crippen LogP contribution in [0, 0.1) is 5.82 Å². The van der Waals surface area contributed by atoms with Gasteiger partial charge >= 0.3 is 0 Å². The molecule has 33 heavy (non-hydrogen) atoms. The number of allylic oxidation sites excluding steroid dienone is 4. The molecule has 0 radical (unpaired) electrons. The Bertz CT molecular complexity index is 1100. The summed E-state index contributed by atoms with van der Waals surface area (Å²) >= 11 is 0. The highest BCUT2D eigenvalue weighted by molar-refractivity contribution is 6.01. The first kappa shape index (κ1) is 26.0. The number of nitrogens with zero attached hydrogens (tertiary/aromatic N) is 3. The molecular weight excluding hydrogens is 415 g/mol. The Balaban J connectivity index is 0.00000187. The molecule has 1 aromatic carbocycles. The lowest BCUT2D eigenvalue weighted by Crippen LogP contribution is -2.29. The fourth-order valence-electron chi connectivity index (χ4n) is 3.33. The number of hydrogen-bond acceptors (Lipinski definition) is 4. The number of carbonyl (C=O) groups excluding carboxylic acids is 1. The minimum Gasteiger partial charge on any atom is -0.364 e. The molecule has 1 fully saturated rings. The number of carbonyl (C=O) groups is 1. The van der Waals surface area contributed by atoms with Crippen molar-refractivity contribution in [1.82, 2.24) is 15.1 Å². The Morgan fingerprint density at radius 3 is 2.24 bits per heavy atom. The summed E-state index contributed by atoms with van der Waals surface area (Å²) in [6.45, 7) is 17.8. The quantitative estimate of drug-likeness (QED) is 0.290. The lowest BCUT2D eigenvalue weighted by Gasteiger charge is -2.21. The molecule has 3 rings (SSSR count). The summed E-state index contributed by atoms with van der Waals surface area (Å²) in [6.07, 6.45) is 7.08. The minimum atomic E-state index is -0.309. The first-order valence-corrected chi connectivity index (χ1v) is 11.4. The zero-order chi connectivity index (χ0) is 24.8. The normalized spacial score (nSPS) is 14.7. The van der Waals surface area contributed by atoms with E-state index in [1.807, 2.05) is 41.5 Å². The van der Waals surface area contributed by atoms with Crippen LogP contribution in [0.3, 0.4) is 0 Å². The highest BCUT2D eigenvalue weighted by Crippen LogP contribution is 2.37. The summed E-state index contributed by atoms with van der Waals surface area (Å²) in [7, 11) is 0. The van der Waals surface area contributed by atoms with Gasteiger partial charge in [0.2, 0.25) is 0 Å². The first-order chi connectivity index (χ1) is 15.6. The molecule has 0 saturated heterocycles. The summed E-state index contributed by atoms with van der Waals surface area (Å²) in [4.78, 5) is 18.1. The molecule has 0 spiro atoms. The van der Waals surface area contributed by atoms with E-state index in [1.54, 1.807) is 30.7 Å². The lowest BCUT2D eigenvalue weighted by molar-refractivity contribution is 0.0941. The standard InChI is InChI=1S/C25H29FN4O.C2H6/c1-7-27-23(29-25(6)12-13-25)21(16(2)3)22(17(4)5)24(31)30-15-19(14-28-30)18-8-10-20(26)11-9-18;1-2/h7-11,14-15,29H,2,12-13H2,1,3-6H3;1-2H3/b23-21-,27-7-;. The molecule has 0 amide bonds. The second kappa shape index (κ2) is 11.0. The third-order valence-corrected chi connectivity index (χ3v) is 5.27. The van der Waals surface area contributed by atoms with Crippen LogP contribution in [0.15, 0.2) is 76.3 Å². The van der Waals surface area contributed by atoms with E-state index in [-0.39, 0.29) is 17.3 Å². The average Bonchev–Trinajstić information content (AvgIpc) is 3.30. The van der Waals surface area contributed by atoms with Gasteiger partial charge in [-0.3, -0.25) is 4.79 Å². The van der Waals surface area contributed by atoms with Crippen molar-refractivity contribution in [2.45, 2.75) is 66.8 Å². The second-order valence-corrected chi connectivity index (χ2v) is 8.44. The lowest BCUT2D eigenvalue weighted by atomic mass is 9.95. The zero-order valence-electron chi connectivity index (χ0n) is 20.8. The highest BCUT2D eigenvalue weighted by atomic mass is 19.1. The SMILES string of the molecule is C=C(C)/C(C(C(=O)n1cc(-c2ccc(F)cc2)cn1)=C(C)C)=C(\N=C/C)NC1(C)CC1.CC. The Hall–Kier alpha value is -3.28. The van der Waals surface area contributed by atoms with Crippen LogP contribution in [-0.4, -0.2) is 27.4 Å². The molecule has 0 atom stereocenters. The molecule has 0 unspecified atom stereocenters. The van der Waals surface area contributed by atoms with Gasteiger partial charge in [0.25, 0.3) is 5.91 Å². The maximum absolute atomic E-state index is 13.5. The third kappa shape index (κ3) is 6.37. The summed E-state index contributed by atoms with van der Waals surface area (Å²) < 4.78 is 14.6. The van der Waals surface area contributed by atoms with Crippen molar-refractivity contribution in [2.75, 3.05) is 0 Å². The van der Waals surface area contributed by atoms with Crippen molar-refractivity contribution in [3.8, 4) is 11.1 Å². The van der Waals surface area contributed by atoms with Crippen molar-refractivity contribution >= 4 is 12.1 Å². The Labute approximate surface area is 196 Å². The van der Waals surface area contributed by atoms with E-state index in [1.165, 1.54) is 16.8 Å². The van der Waals surface area contributed by atoms with Crippen molar-refractivity contribution in [3.05, 3.63) is 77.2 Å². The van der Waals surface area contributed by atoms with Crippen molar-refractivity contribution in [3.63, 3.8) is 0 Å². The summed E-state index contributed by atoms with van der Waals surface area (Å²) in [5.41, 5.74) is 4.29. The van der Waals surface area contributed by atoms with E-state index in [9.17, 15) is 9.18 Å². The molecule has 2 aromatic rings. The van der Waals surface area contributed by atoms with Gasteiger partial charge in [-0.2, -0.15) is 5.10 Å². The minimum absolute atomic E-state index is 0.0141. The van der Waals surface area contributed by atoms with Gasteiger partial charge in [0.05, 0.1) is 11.8 Å². The van der Waals surface area contributed by atoms with Gasteiger partial charge in [-0.15, -0.1) is 0 Å². The predicted octanol–water partition coefficient (Wildman–Crippen LogP) is 6.71. The summed E-state index contributed by atoms with van der Waals surface area (Å²) in [6, 6.07) is 6.10. The average molecular weight is 451 g/mol. The fraction of sp³-hybridized carbons (Fsp3) is 0.370. The van der Waals surface area contributed by atoms with Gasteiger partial charge < -0.3 is 5.32 Å². The monoisotopic (exact) mass is 450 g/mol. The van der Waals surface area contributed by atoms with E-state index in [0.717, 1.165) is 35.1 Å². The zero-order valence-corrected chi connectivity index (χ0v) is 20.8. The Morgan fingerprint density at radius 1 is 1.15 bits per heavy atom. The van der Waals surface area contributed by atoms with Crippen LogP contribution in [0.1, 0.15) is 66.1 Å². The highest BCUT2D eigenvalue weighted by Gasteiger charge is 2.38. The summed E-state index contributed by atoms with van der Waals surface area (Å²) in [5.74, 6) is 0.0690. The van der Waals surface area contributed by atoms with Gasteiger partial charge in [0.15, 0.2) is 0 Å². The van der Waals surface area contributed by atoms with Crippen molar-refractivity contribution in [2.24, 2.45) is 4.99 Å². The van der Waals surface area contributed by atoms with Gasteiger partial charge in [-0.05, 0) is 70.7 Å². The third-order valence-electron chi connectivity index (χ3n) is 5.27. The van der Waals surface area contributed by atoms with Crippen LogP contribution in [0.4, 0.5) is 4.39 Å². The van der Waals surface area contributed by atoms with Gasteiger partial charge in [-0.25, -0.2) is 14.1 Å². The molecule has 1 aromatic heterocycles. The van der Waals surface area contributed by atoms with Crippen LogP contribution < -0.4 is 5.32 Å². The van der Waals surface area contributed by atoms with Crippen LogP contribution in [0.25, 0.3) is 11.1 Å². The molecule has 0 bridgehead atoms. The summed E-state index contributed by atoms with van der Waals surface area (Å²) in [5, 5.41) is 7.78. The van der Waals surface area contributed by atoms with E-state index >= 15 is 0 Å². The van der Waals surface area contributed by atoms with E-state index < -0.39 is 0 Å². The Morgan fingerprint density at radius 2 is 1.76 bits per heavy atom. The second-order valence-electron chi connectivity index (χ2n) is 8.44. The number of rotatable bonds is 7. The number of aromatic nitrogens is 2. The topological polar surface area (TPSA) is 59.3 Å². The number of aliphatic imine (C=N–C) groups is 1. The number of nitrogens with one attached hydrogen (secondary N) is 1. The van der Waals surface area contributed by atoms with E-state index in [2.05, 4.69) is 28.9 Å². The molecule has 1 N–H and O–H groups in total. The molecule has 1 aliphatic rings. The van der Waals surface area contributed by atoms with Crippen LogP contribution >= 0.6 is 0 Å². The van der Waals surface area contributed by atoms with Crippen LogP contribution in [0.5, 0.6) is 0 Å². The van der Waals surface area contributed by atoms with Gasteiger partial charge in [-0.1, -0.05) is 38.1 Å². The predicted molar refractivity (Wildman–Crippen MR) is 135 cm³/mol. The van der Waals surface area contributed by atoms with E-state index in [0.29, 0.717) is 17.0 Å². The molecule has 0 aliphatic heterocycles. The Kier molecular flexibility index (Phi) is 8.69. The molecule has 176 valence electrons. The largest absolute Gasteiger partial charge is 0.364 e. The molecule has 1 saturated carbocycles. The fourth-order valence-corrected chi connectivity index (χ4v) is 3.33. The number of hydrogen-bond donors (Lipinski definition) is 1.